The predicted molar refractivity (Wildman–Crippen MR) is 83.6 cm³/mol. The average molecular weight is 280 g/mol. The molecule has 0 saturated heterocycles. The van der Waals surface area contributed by atoms with Gasteiger partial charge in [0.1, 0.15) is 6.61 Å². The number of carbonyl (C=O) groups is 1. The third kappa shape index (κ3) is 3.22. The summed E-state index contributed by atoms with van der Waals surface area (Å²) in [7, 11) is 0. The SMILES string of the molecule is CC(OCC(=O)c1ccc2c(c1)CCC2)c1ccccc1. The van der Waals surface area contributed by atoms with Crippen molar-refractivity contribution >= 4 is 5.78 Å². The zero-order chi connectivity index (χ0) is 14.7. The minimum atomic E-state index is -0.0652. The predicted octanol–water partition coefficient (Wildman–Crippen LogP) is 4.14. The average Bonchev–Trinajstić information content (AvgIpc) is 3.00. The van der Waals surface area contributed by atoms with Crippen LogP contribution in [-0.2, 0) is 17.6 Å². The molecule has 0 amide bonds. The highest BCUT2D eigenvalue weighted by atomic mass is 16.5. The van der Waals surface area contributed by atoms with Gasteiger partial charge in [-0.05, 0) is 48.9 Å². The molecule has 2 aromatic carbocycles. The lowest BCUT2D eigenvalue weighted by Crippen LogP contribution is -2.12. The van der Waals surface area contributed by atoms with Crippen LogP contribution in [0.5, 0.6) is 0 Å². The van der Waals surface area contributed by atoms with Gasteiger partial charge in [0.15, 0.2) is 5.78 Å². The molecule has 1 aliphatic carbocycles. The van der Waals surface area contributed by atoms with E-state index in [-0.39, 0.29) is 18.5 Å². The molecule has 0 bridgehead atoms. The number of hydrogen-bond donors (Lipinski definition) is 0. The van der Waals surface area contributed by atoms with Crippen molar-refractivity contribution in [1.29, 1.82) is 0 Å². The number of hydrogen-bond acceptors (Lipinski definition) is 2. The molecule has 2 nitrogen and oxygen atoms in total. The largest absolute Gasteiger partial charge is 0.366 e. The number of ether oxygens (including phenoxy) is 1. The van der Waals surface area contributed by atoms with Gasteiger partial charge in [0, 0.05) is 5.56 Å². The number of Topliss-reactive ketones (excluding diaryl/α,β-unsaturated/α-hetero) is 1. The third-order valence-electron chi connectivity index (χ3n) is 4.15. The van der Waals surface area contributed by atoms with Gasteiger partial charge in [-0.1, -0.05) is 42.5 Å². The van der Waals surface area contributed by atoms with E-state index in [0.717, 1.165) is 24.0 Å². The molecule has 21 heavy (non-hydrogen) atoms. The molecule has 1 unspecified atom stereocenters. The van der Waals surface area contributed by atoms with Crippen LogP contribution >= 0.6 is 0 Å². The Labute approximate surface area is 125 Å². The van der Waals surface area contributed by atoms with Crippen molar-refractivity contribution in [2.75, 3.05) is 6.61 Å². The van der Waals surface area contributed by atoms with Crippen LogP contribution in [0, 0.1) is 0 Å². The van der Waals surface area contributed by atoms with E-state index in [1.54, 1.807) is 0 Å². The van der Waals surface area contributed by atoms with E-state index >= 15 is 0 Å². The lowest BCUT2D eigenvalue weighted by molar-refractivity contribution is 0.0521. The number of benzene rings is 2. The van der Waals surface area contributed by atoms with Crippen LogP contribution in [0.4, 0.5) is 0 Å². The Morgan fingerprint density at radius 3 is 2.67 bits per heavy atom. The van der Waals surface area contributed by atoms with Gasteiger partial charge in [0.2, 0.25) is 0 Å². The first-order valence-electron chi connectivity index (χ1n) is 7.55. The monoisotopic (exact) mass is 280 g/mol. The van der Waals surface area contributed by atoms with Gasteiger partial charge in [0.05, 0.1) is 6.10 Å². The van der Waals surface area contributed by atoms with Gasteiger partial charge in [-0.25, -0.2) is 0 Å². The van der Waals surface area contributed by atoms with Gasteiger partial charge < -0.3 is 4.74 Å². The number of fused-ring (bicyclic) bond motifs is 1. The van der Waals surface area contributed by atoms with Crippen LogP contribution in [0.15, 0.2) is 48.5 Å². The summed E-state index contributed by atoms with van der Waals surface area (Å²) in [6.45, 7) is 2.11. The highest BCUT2D eigenvalue weighted by molar-refractivity contribution is 5.97. The van der Waals surface area contributed by atoms with Gasteiger partial charge in [-0.2, -0.15) is 0 Å². The van der Waals surface area contributed by atoms with E-state index < -0.39 is 0 Å². The topological polar surface area (TPSA) is 26.3 Å². The number of carbonyl (C=O) groups excluding carboxylic acids is 1. The second kappa shape index (κ2) is 6.23. The smallest absolute Gasteiger partial charge is 0.188 e. The Bertz CT molecular complexity index is 631. The molecule has 3 rings (SSSR count). The molecule has 0 saturated carbocycles. The van der Waals surface area contributed by atoms with Crippen LogP contribution in [0.3, 0.4) is 0 Å². The molecule has 0 radical (unpaired) electrons. The lowest BCUT2D eigenvalue weighted by atomic mass is 10.0. The Morgan fingerprint density at radius 2 is 1.86 bits per heavy atom. The fourth-order valence-electron chi connectivity index (χ4n) is 2.85. The van der Waals surface area contributed by atoms with Crippen molar-refractivity contribution in [1.82, 2.24) is 0 Å². The molecule has 0 spiro atoms. The molecule has 108 valence electrons. The van der Waals surface area contributed by atoms with Crippen LogP contribution in [0.2, 0.25) is 0 Å². The number of rotatable bonds is 5. The van der Waals surface area contributed by atoms with Gasteiger partial charge in [-0.3, -0.25) is 4.79 Å². The van der Waals surface area contributed by atoms with Crippen molar-refractivity contribution in [2.45, 2.75) is 32.3 Å². The standard InChI is InChI=1S/C19H20O2/c1-14(15-6-3-2-4-7-15)21-13-19(20)18-11-10-16-8-5-9-17(16)12-18/h2-4,6-7,10-12,14H,5,8-9,13H2,1H3. The Balaban J connectivity index is 1.62. The second-order valence-corrected chi connectivity index (χ2v) is 5.62. The maximum Gasteiger partial charge on any atom is 0.188 e. The van der Waals surface area contributed by atoms with Crippen LogP contribution < -0.4 is 0 Å². The highest BCUT2D eigenvalue weighted by Gasteiger charge is 2.15. The first kappa shape index (κ1) is 14.0. The Kier molecular flexibility index (Phi) is 4.16. The third-order valence-corrected chi connectivity index (χ3v) is 4.15. The summed E-state index contributed by atoms with van der Waals surface area (Å²) in [4.78, 5) is 12.3. The molecule has 0 N–H and O–H groups in total. The first-order valence-corrected chi connectivity index (χ1v) is 7.55. The summed E-state index contributed by atoms with van der Waals surface area (Å²) >= 11 is 0. The maximum atomic E-state index is 12.3. The molecular weight excluding hydrogens is 260 g/mol. The Hall–Kier alpha value is -1.93. The maximum absolute atomic E-state index is 12.3. The van der Waals surface area contributed by atoms with Crippen LogP contribution in [-0.4, -0.2) is 12.4 Å². The first-order chi connectivity index (χ1) is 10.2. The molecule has 0 aliphatic heterocycles. The van der Waals surface area contributed by atoms with Gasteiger partial charge >= 0.3 is 0 Å². The van der Waals surface area contributed by atoms with E-state index in [4.69, 9.17) is 4.74 Å². The summed E-state index contributed by atoms with van der Waals surface area (Å²) < 4.78 is 5.71. The van der Waals surface area contributed by atoms with E-state index in [2.05, 4.69) is 6.07 Å². The molecular formula is C19H20O2. The highest BCUT2D eigenvalue weighted by Crippen LogP contribution is 2.23. The molecule has 2 heteroatoms. The van der Waals surface area contributed by atoms with Crippen molar-refractivity contribution in [3.05, 3.63) is 70.8 Å². The lowest BCUT2D eigenvalue weighted by Gasteiger charge is -2.13. The van der Waals surface area contributed by atoms with E-state index in [1.807, 2.05) is 49.4 Å². The van der Waals surface area contributed by atoms with E-state index in [0.29, 0.717) is 0 Å². The normalized spacial score (nSPS) is 14.7. The summed E-state index contributed by atoms with van der Waals surface area (Å²) in [5.41, 5.74) is 4.59. The number of aryl methyl sites for hydroxylation is 2. The second-order valence-electron chi connectivity index (χ2n) is 5.62. The summed E-state index contributed by atoms with van der Waals surface area (Å²) in [6.07, 6.45) is 3.38. The molecule has 1 aliphatic rings. The summed E-state index contributed by atoms with van der Waals surface area (Å²) in [5.74, 6) is 0.0625. The van der Waals surface area contributed by atoms with Crippen molar-refractivity contribution in [3.8, 4) is 0 Å². The summed E-state index contributed by atoms with van der Waals surface area (Å²) in [6, 6.07) is 16.1. The number of ketones is 1. The fourth-order valence-corrected chi connectivity index (χ4v) is 2.85. The Morgan fingerprint density at radius 1 is 1.10 bits per heavy atom. The van der Waals surface area contributed by atoms with Gasteiger partial charge in [0.25, 0.3) is 0 Å². The molecule has 2 aromatic rings. The molecule has 0 aromatic heterocycles. The van der Waals surface area contributed by atoms with E-state index in [9.17, 15) is 4.79 Å². The van der Waals surface area contributed by atoms with Crippen molar-refractivity contribution in [2.24, 2.45) is 0 Å². The van der Waals surface area contributed by atoms with E-state index in [1.165, 1.54) is 17.5 Å². The summed E-state index contributed by atoms with van der Waals surface area (Å²) in [5, 5.41) is 0. The fraction of sp³-hybridized carbons (Fsp3) is 0.316. The quantitative estimate of drug-likeness (QED) is 0.770. The molecule has 0 fully saturated rings. The van der Waals surface area contributed by atoms with Crippen LogP contribution in [0.25, 0.3) is 0 Å². The minimum absolute atomic E-state index is 0.0625. The van der Waals surface area contributed by atoms with Crippen molar-refractivity contribution < 1.29 is 9.53 Å². The van der Waals surface area contributed by atoms with Gasteiger partial charge in [-0.15, -0.1) is 0 Å². The van der Waals surface area contributed by atoms with Crippen molar-refractivity contribution in [3.63, 3.8) is 0 Å². The zero-order valence-electron chi connectivity index (χ0n) is 12.3. The minimum Gasteiger partial charge on any atom is -0.366 e. The molecule has 1 atom stereocenters. The zero-order valence-corrected chi connectivity index (χ0v) is 12.3. The molecule has 0 heterocycles. The van der Waals surface area contributed by atoms with Crippen LogP contribution in [0.1, 0.15) is 46.5 Å².